The molecule has 2 amide bonds. The summed E-state index contributed by atoms with van der Waals surface area (Å²) in [6, 6.07) is 6.22. The molecule has 0 unspecified atom stereocenters. The maximum atomic E-state index is 11.8. The van der Waals surface area contributed by atoms with E-state index in [1.54, 1.807) is 0 Å². The zero-order valence-electron chi connectivity index (χ0n) is 9.79. The van der Waals surface area contributed by atoms with E-state index in [9.17, 15) is 14.4 Å². The van der Waals surface area contributed by atoms with E-state index in [0.29, 0.717) is 0 Å². The van der Waals surface area contributed by atoms with Crippen LogP contribution in [0.15, 0.2) is 24.3 Å². The number of rotatable bonds is 5. The number of carbonyl (C=O) groups excluding carboxylic acids is 2. The van der Waals surface area contributed by atoms with Crippen molar-refractivity contribution in [1.82, 2.24) is 5.32 Å². The Bertz CT molecular complexity index is 562. The third-order valence-corrected chi connectivity index (χ3v) is 2.26. The predicted octanol–water partition coefficient (Wildman–Crippen LogP) is -0.383. The lowest BCUT2D eigenvalue weighted by Crippen LogP contribution is -2.43. The fourth-order valence-corrected chi connectivity index (χ4v) is 1.37. The Labute approximate surface area is 108 Å². The van der Waals surface area contributed by atoms with Gasteiger partial charge in [0, 0.05) is 5.56 Å². The second-order valence-corrected chi connectivity index (χ2v) is 3.73. The summed E-state index contributed by atoms with van der Waals surface area (Å²) in [4.78, 5) is 33.3. The third-order valence-electron chi connectivity index (χ3n) is 2.26. The Hall–Kier alpha value is -2.88. The number of amides is 2. The molecule has 0 aliphatic carbocycles. The first-order valence-corrected chi connectivity index (χ1v) is 5.26. The highest BCUT2D eigenvalue weighted by molar-refractivity contribution is 5.97. The minimum Gasteiger partial charge on any atom is -0.480 e. The quantitative estimate of drug-likeness (QED) is 0.664. The molecule has 1 atom stereocenters. The first-order valence-electron chi connectivity index (χ1n) is 5.26. The summed E-state index contributed by atoms with van der Waals surface area (Å²) in [5.74, 6) is -2.88. The Morgan fingerprint density at radius 3 is 2.63 bits per heavy atom. The number of nitrogens with two attached hydrogens (primary N) is 1. The van der Waals surface area contributed by atoms with Gasteiger partial charge in [-0.15, -0.1) is 0 Å². The van der Waals surface area contributed by atoms with Crippen molar-refractivity contribution in [3.63, 3.8) is 0 Å². The van der Waals surface area contributed by atoms with Crippen molar-refractivity contribution < 1.29 is 19.5 Å². The summed E-state index contributed by atoms with van der Waals surface area (Å²) in [7, 11) is 0. The van der Waals surface area contributed by atoms with Crippen LogP contribution >= 0.6 is 0 Å². The summed E-state index contributed by atoms with van der Waals surface area (Å²) in [6.07, 6.45) is -0.501. The number of carboxylic acids is 1. The molecule has 0 radical (unpaired) electrons. The molecule has 0 fully saturated rings. The van der Waals surface area contributed by atoms with E-state index in [4.69, 9.17) is 16.1 Å². The maximum absolute atomic E-state index is 11.8. The molecule has 0 spiro atoms. The van der Waals surface area contributed by atoms with Gasteiger partial charge in [0.2, 0.25) is 5.91 Å². The van der Waals surface area contributed by atoms with Gasteiger partial charge in [0.15, 0.2) is 0 Å². The smallest absolute Gasteiger partial charge is 0.326 e. The van der Waals surface area contributed by atoms with Crippen LogP contribution in [0.3, 0.4) is 0 Å². The molecule has 0 aliphatic rings. The average Bonchev–Trinajstić information content (AvgIpc) is 2.37. The van der Waals surface area contributed by atoms with Gasteiger partial charge in [-0.1, -0.05) is 6.07 Å². The van der Waals surface area contributed by atoms with Crippen LogP contribution in [0.25, 0.3) is 0 Å². The van der Waals surface area contributed by atoms with Crippen molar-refractivity contribution in [2.45, 2.75) is 12.5 Å². The number of aliphatic carboxylic acids is 1. The van der Waals surface area contributed by atoms with E-state index in [-0.39, 0.29) is 11.1 Å². The van der Waals surface area contributed by atoms with Crippen LogP contribution in [0.4, 0.5) is 0 Å². The summed E-state index contributed by atoms with van der Waals surface area (Å²) in [5, 5.41) is 19.7. The molecule has 1 rings (SSSR count). The van der Waals surface area contributed by atoms with Gasteiger partial charge < -0.3 is 16.2 Å². The highest BCUT2D eigenvalue weighted by atomic mass is 16.4. The van der Waals surface area contributed by atoms with E-state index in [1.165, 1.54) is 24.3 Å². The number of nitrogens with one attached hydrogen (secondary N) is 1. The summed E-state index contributed by atoms with van der Waals surface area (Å²) < 4.78 is 0. The second-order valence-electron chi connectivity index (χ2n) is 3.73. The fourth-order valence-electron chi connectivity index (χ4n) is 1.37. The van der Waals surface area contributed by atoms with Crippen molar-refractivity contribution in [2.75, 3.05) is 0 Å². The first-order chi connectivity index (χ1) is 8.93. The molecule has 0 heterocycles. The van der Waals surface area contributed by atoms with Gasteiger partial charge in [0.05, 0.1) is 18.1 Å². The van der Waals surface area contributed by atoms with Crippen molar-refractivity contribution in [3.8, 4) is 6.07 Å². The van der Waals surface area contributed by atoms with Crippen LogP contribution < -0.4 is 11.1 Å². The molecular weight excluding hydrogens is 250 g/mol. The van der Waals surface area contributed by atoms with Crippen LogP contribution in [0.5, 0.6) is 0 Å². The number of primary amides is 1. The molecule has 1 aromatic rings. The average molecular weight is 261 g/mol. The Morgan fingerprint density at radius 1 is 1.42 bits per heavy atom. The number of carboxylic acid groups (broad SMARTS) is 1. The van der Waals surface area contributed by atoms with E-state index in [0.717, 1.165) is 0 Å². The number of hydrogen-bond acceptors (Lipinski definition) is 4. The largest absolute Gasteiger partial charge is 0.480 e. The van der Waals surface area contributed by atoms with Crippen LogP contribution in [0.1, 0.15) is 22.3 Å². The van der Waals surface area contributed by atoms with E-state index >= 15 is 0 Å². The Morgan fingerprint density at radius 2 is 2.11 bits per heavy atom. The first kappa shape index (κ1) is 14.2. The maximum Gasteiger partial charge on any atom is 0.326 e. The number of hydrogen-bond donors (Lipinski definition) is 3. The molecule has 0 saturated heterocycles. The SMILES string of the molecule is N#Cc1cccc(C(=O)N[C@@H](CC(N)=O)C(=O)O)c1. The molecule has 0 aliphatic heterocycles. The summed E-state index contributed by atoms with van der Waals surface area (Å²) in [5.41, 5.74) is 5.30. The van der Waals surface area contributed by atoms with Crippen molar-refractivity contribution in [1.29, 1.82) is 5.26 Å². The minimum absolute atomic E-state index is 0.134. The van der Waals surface area contributed by atoms with Crippen LogP contribution in [0.2, 0.25) is 0 Å². The highest BCUT2D eigenvalue weighted by Gasteiger charge is 2.22. The standard InChI is InChI=1S/C12H11N3O4/c13-6-7-2-1-3-8(4-7)11(17)15-9(12(18)19)5-10(14)16/h1-4,9H,5H2,(H2,14,16)(H,15,17)(H,18,19)/t9-/m0/s1. The zero-order valence-corrected chi connectivity index (χ0v) is 9.79. The van der Waals surface area contributed by atoms with E-state index in [2.05, 4.69) is 5.32 Å². The Balaban J connectivity index is 2.85. The van der Waals surface area contributed by atoms with Gasteiger partial charge in [-0.25, -0.2) is 4.79 Å². The molecule has 98 valence electrons. The molecule has 4 N–H and O–H groups in total. The topological polar surface area (TPSA) is 133 Å². The molecule has 7 nitrogen and oxygen atoms in total. The predicted molar refractivity (Wildman–Crippen MR) is 63.9 cm³/mol. The van der Waals surface area contributed by atoms with E-state index in [1.807, 2.05) is 6.07 Å². The zero-order chi connectivity index (χ0) is 14.4. The van der Waals surface area contributed by atoms with Crippen molar-refractivity contribution in [3.05, 3.63) is 35.4 Å². The second kappa shape index (κ2) is 6.16. The molecule has 19 heavy (non-hydrogen) atoms. The number of nitrogens with zero attached hydrogens (tertiary/aromatic N) is 1. The molecular formula is C12H11N3O4. The van der Waals surface area contributed by atoms with Crippen molar-refractivity contribution in [2.24, 2.45) is 5.73 Å². The monoisotopic (exact) mass is 261 g/mol. The normalized spacial score (nSPS) is 11.1. The molecule has 0 bridgehead atoms. The van der Waals surface area contributed by atoms with E-state index < -0.39 is 30.2 Å². The fraction of sp³-hybridized carbons (Fsp3) is 0.167. The minimum atomic E-state index is -1.39. The lowest BCUT2D eigenvalue weighted by atomic mass is 10.1. The highest BCUT2D eigenvalue weighted by Crippen LogP contribution is 2.05. The van der Waals surface area contributed by atoms with Gasteiger partial charge in [-0.3, -0.25) is 9.59 Å². The van der Waals surface area contributed by atoms with Crippen molar-refractivity contribution >= 4 is 17.8 Å². The lowest BCUT2D eigenvalue weighted by Gasteiger charge is -2.12. The molecule has 1 aromatic carbocycles. The lowest BCUT2D eigenvalue weighted by molar-refractivity contribution is -0.140. The van der Waals surface area contributed by atoms with Gasteiger partial charge in [0.1, 0.15) is 6.04 Å². The molecule has 0 saturated carbocycles. The number of benzene rings is 1. The molecule has 0 aromatic heterocycles. The number of nitriles is 1. The number of carbonyl (C=O) groups is 3. The summed E-state index contributed by atoms with van der Waals surface area (Å²) >= 11 is 0. The van der Waals surface area contributed by atoms with Crippen LogP contribution in [-0.4, -0.2) is 28.9 Å². The van der Waals surface area contributed by atoms with Gasteiger partial charge >= 0.3 is 5.97 Å². The van der Waals surface area contributed by atoms with Crippen LogP contribution in [0, 0.1) is 11.3 Å². The molecule has 7 heteroatoms. The third kappa shape index (κ3) is 4.12. The summed E-state index contributed by atoms with van der Waals surface area (Å²) in [6.45, 7) is 0. The van der Waals surface area contributed by atoms with Crippen LogP contribution in [-0.2, 0) is 9.59 Å². The Kier molecular flexibility index (Phi) is 4.60. The van der Waals surface area contributed by atoms with Gasteiger partial charge in [0.25, 0.3) is 5.91 Å². The van der Waals surface area contributed by atoms with Gasteiger partial charge in [-0.2, -0.15) is 5.26 Å². The van der Waals surface area contributed by atoms with Gasteiger partial charge in [-0.05, 0) is 18.2 Å².